The molecule has 16 heavy (non-hydrogen) atoms. The summed E-state index contributed by atoms with van der Waals surface area (Å²) >= 11 is 0. The van der Waals surface area contributed by atoms with Gasteiger partial charge >= 0.3 is 0 Å². The van der Waals surface area contributed by atoms with E-state index >= 15 is 0 Å². The molecule has 0 aliphatic carbocycles. The first-order valence-corrected chi connectivity index (χ1v) is 5.54. The molecule has 2 heteroatoms. The summed E-state index contributed by atoms with van der Waals surface area (Å²) in [5, 5.41) is 5.20. The zero-order valence-electron chi connectivity index (χ0n) is 9.36. The number of fused-ring (bicyclic) bond motifs is 1. The second-order valence-corrected chi connectivity index (χ2v) is 3.81. The molecule has 0 bridgehead atoms. The van der Waals surface area contributed by atoms with Crippen molar-refractivity contribution < 1.29 is 4.79 Å². The lowest BCUT2D eigenvalue weighted by atomic mass is 10.1. The van der Waals surface area contributed by atoms with E-state index in [2.05, 4.69) is 29.6 Å². The Morgan fingerprint density at radius 1 is 1.12 bits per heavy atom. The zero-order valence-corrected chi connectivity index (χ0v) is 9.36. The highest BCUT2D eigenvalue weighted by Crippen LogP contribution is 2.15. The van der Waals surface area contributed by atoms with Gasteiger partial charge in [-0.3, -0.25) is 4.79 Å². The van der Waals surface area contributed by atoms with Gasteiger partial charge in [0.25, 0.3) is 0 Å². The highest BCUT2D eigenvalue weighted by atomic mass is 16.1. The summed E-state index contributed by atoms with van der Waals surface area (Å²) in [6.07, 6.45) is 0.457. The van der Waals surface area contributed by atoms with Crippen LogP contribution in [0.4, 0.5) is 0 Å². The Balaban J connectivity index is 2.22. The first-order valence-electron chi connectivity index (χ1n) is 5.54. The molecule has 0 saturated heterocycles. The Labute approximate surface area is 95.3 Å². The fourth-order valence-corrected chi connectivity index (χ4v) is 1.79. The summed E-state index contributed by atoms with van der Waals surface area (Å²) in [7, 11) is 0. The molecule has 1 N–H and O–H groups in total. The Hall–Kier alpha value is -1.83. The van der Waals surface area contributed by atoms with Gasteiger partial charge in [-0.2, -0.15) is 0 Å². The van der Waals surface area contributed by atoms with Crippen molar-refractivity contribution in [3.8, 4) is 0 Å². The van der Waals surface area contributed by atoms with Crippen LogP contribution in [0.2, 0.25) is 0 Å². The fourth-order valence-electron chi connectivity index (χ4n) is 1.79. The Morgan fingerprint density at radius 2 is 1.88 bits per heavy atom. The molecule has 2 nitrogen and oxygen atoms in total. The van der Waals surface area contributed by atoms with Crippen molar-refractivity contribution in [2.24, 2.45) is 0 Å². The van der Waals surface area contributed by atoms with Crippen LogP contribution in [0.25, 0.3) is 10.8 Å². The van der Waals surface area contributed by atoms with E-state index in [-0.39, 0.29) is 5.91 Å². The Bertz CT molecular complexity index is 505. The lowest BCUT2D eigenvalue weighted by molar-refractivity contribution is -0.120. The number of benzene rings is 2. The summed E-state index contributed by atoms with van der Waals surface area (Å²) in [5.41, 5.74) is 1.06. The van der Waals surface area contributed by atoms with Crippen LogP contribution in [0, 0.1) is 0 Å². The van der Waals surface area contributed by atoms with E-state index in [1.807, 2.05) is 25.1 Å². The van der Waals surface area contributed by atoms with Crippen LogP contribution in [-0.2, 0) is 11.2 Å². The molecule has 0 aromatic heterocycles. The maximum atomic E-state index is 11.4. The second-order valence-electron chi connectivity index (χ2n) is 3.81. The van der Waals surface area contributed by atoms with Gasteiger partial charge in [-0.1, -0.05) is 42.5 Å². The van der Waals surface area contributed by atoms with Crippen molar-refractivity contribution in [3.63, 3.8) is 0 Å². The van der Waals surface area contributed by atoms with Gasteiger partial charge in [-0.15, -0.1) is 0 Å². The predicted molar refractivity (Wildman–Crippen MR) is 66.3 cm³/mol. The minimum absolute atomic E-state index is 0.0813. The smallest absolute Gasteiger partial charge is 0.224 e. The fraction of sp³-hybridized carbons (Fsp3) is 0.214. The predicted octanol–water partition coefficient (Wildman–Crippen LogP) is 2.52. The summed E-state index contributed by atoms with van der Waals surface area (Å²) in [4.78, 5) is 11.4. The van der Waals surface area contributed by atoms with Crippen molar-refractivity contribution in [2.75, 3.05) is 6.54 Å². The maximum absolute atomic E-state index is 11.4. The van der Waals surface area contributed by atoms with Crippen molar-refractivity contribution in [1.82, 2.24) is 5.32 Å². The van der Waals surface area contributed by atoms with Crippen molar-refractivity contribution in [3.05, 3.63) is 48.0 Å². The van der Waals surface area contributed by atoms with E-state index in [1.165, 1.54) is 10.8 Å². The van der Waals surface area contributed by atoms with E-state index in [9.17, 15) is 4.79 Å². The molecule has 0 spiro atoms. The molecule has 82 valence electrons. The van der Waals surface area contributed by atoms with Crippen molar-refractivity contribution >= 4 is 16.7 Å². The van der Waals surface area contributed by atoms with Crippen LogP contribution in [0.15, 0.2) is 42.5 Å². The molecule has 2 rings (SSSR count). The third-order valence-electron chi connectivity index (χ3n) is 2.55. The zero-order chi connectivity index (χ0) is 11.4. The number of rotatable bonds is 3. The van der Waals surface area contributed by atoms with E-state index in [4.69, 9.17) is 0 Å². The molecule has 2 aromatic rings. The van der Waals surface area contributed by atoms with Gasteiger partial charge in [-0.05, 0) is 23.3 Å². The average molecular weight is 213 g/mol. The van der Waals surface area contributed by atoms with Crippen molar-refractivity contribution in [1.29, 1.82) is 0 Å². The number of nitrogens with one attached hydrogen (secondary N) is 1. The molecule has 0 heterocycles. The molecule has 0 radical (unpaired) electrons. The molecule has 0 unspecified atom stereocenters. The molecular weight excluding hydrogens is 198 g/mol. The van der Waals surface area contributed by atoms with Gasteiger partial charge in [0.05, 0.1) is 6.42 Å². The maximum Gasteiger partial charge on any atom is 0.224 e. The Kier molecular flexibility index (Phi) is 3.20. The second kappa shape index (κ2) is 4.79. The van der Waals surface area contributed by atoms with Crippen LogP contribution in [0.3, 0.4) is 0 Å². The minimum Gasteiger partial charge on any atom is -0.356 e. The molecule has 0 fully saturated rings. The van der Waals surface area contributed by atoms with Gasteiger partial charge in [0.2, 0.25) is 5.91 Å². The monoisotopic (exact) mass is 213 g/mol. The molecule has 2 aromatic carbocycles. The van der Waals surface area contributed by atoms with E-state index in [1.54, 1.807) is 0 Å². The lowest BCUT2D eigenvalue weighted by Crippen LogP contribution is -2.24. The van der Waals surface area contributed by atoms with Crippen LogP contribution in [-0.4, -0.2) is 12.5 Å². The van der Waals surface area contributed by atoms with E-state index < -0.39 is 0 Å². The normalized spacial score (nSPS) is 10.3. The number of likely N-dealkylation sites (N-methyl/N-ethyl adjacent to an activating group) is 1. The van der Waals surface area contributed by atoms with Gasteiger partial charge in [0, 0.05) is 6.54 Å². The third-order valence-corrected chi connectivity index (χ3v) is 2.55. The topological polar surface area (TPSA) is 29.1 Å². The summed E-state index contributed by atoms with van der Waals surface area (Å²) in [6.45, 7) is 2.62. The van der Waals surface area contributed by atoms with Crippen molar-refractivity contribution in [2.45, 2.75) is 13.3 Å². The molecule has 0 saturated carbocycles. The lowest BCUT2D eigenvalue weighted by Gasteiger charge is -2.04. The van der Waals surface area contributed by atoms with Crippen LogP contribution in [0.1, 0.15) is 12.5 Å². The van der Waals surface area contributed by atoms with E-state index in [0.717, 1.165) is 5.56 Å². The molecular formula is C14H15NO. The molecule has 0 aliphatic heterocycles. The van der Waals surface area contributed by atoms with E-state index in [0.29, 0.717) is 13.0 Å². The van der Waals surface area contributed by atoms with Gasteiger partial charge in [-0.25, -0.2) is 0 Å². The number of carbonyl (C=O) groups is 1. The van der Waals surface area contributed by atoms with Crippen LogP contribution >= 0.6 is 0 Å². The van der Waals surface area contributed by atoms with Crippen LogP contribution in [0.5, 0.6) is 0 Å². The number of hydrogen-bond acceptors (Lipinski definition) is 1. The standard InChI is InChI=1S/C14H15NO/c1-2-15-14(16)10-11-7-8-12-5-3-4-6-13(12)9-11/h3-9H,2,10H2,1H3,(H,15,16). The molecule has 0 atom stereocenters. The average Bonchev–Trinajstić information content (AvgIpc) is 2.29. The van der Waals surface area contributed by atoms with Gasteiger partial charge in [0.1, 0.15) is 0 Å². The number of carbonyl (C=O) groups excluding carboxylic acids is 1. The largest absolute Gasteiger partial charge is 0.356 e. The first kappa shape index (κ1) is 10.7. The third kappa shape index (κ3) is 2.40. The van der Waals surface area contributed by atoms with Gasteiger partial charge < -0.3 is 5.32 Å². The van der Waals surface area contributed by atoms with Gasteiger partial charge in [0.15, 0.2) is 0 Å². The SMILES string of the molecule is CCNC(=O)Cc1ccc2ccccc2c1. The number of hydrogen-bond donors (Lipinski definition) is 1. The quantitative estimate of drug-likeness (QED) is 0.834. The molecule has 1 amide bonds. The number of amides is 1. The summed E-state index contributed by atoms with van der Waals surface area (Å²) < 4.78 is 0. The summed E-state index contributed by atoms with van der Waals surface area (Å²) in [6, 6.07) is 14.3. The highest BCUT2D eigenvalue weighted by molar-refractivity contribution is 5.85. The minimum atomic E-state index is 0.0813. The Morgan fingerprint density at radius 3 is 2.62 bits per heavy atom. The molecule has 0 aliphatic rings. The first-order chi connectivity index (χ1) is 7.79. The summed E-state index contributed by atoms with van der Waals surface area (Å²) in [5.74, 6) is 0.0813. The highest BCUT2D eigenvalue weighted by Gasteiger charge is 2.02. The van der Waals surface area contributed by atoms with Crippen LogP contribution < -0.4 is 5.32 Å².